The summed E-state index contributed by atoms with van der Waals surface area (Å²) in [6.45, 7) is 10.2. The van der Waals surface area contributed by atoms with Gasteiger partial charge in [0.25, 0.3) is 0 Å². The Kier molecular flexibility index (Phi) is 5.02. The van der Waals surface area contributed by atoms with Gasteiger partial charge in [-0.05, 0) is 50.6 Å². The summed E-state index contributed by atoms with van der Waals surface area (Å²) >= 11 is 0. The van der Waals surface area contributed by atoms with E-state index in [2.05, 4.69) is 56.4 Å². The van der Waals surface area contributed by atoms with Crippen LogP contribution >= 0.6 is 0 Å². The largest absolute Gasteiger partial charge is 0.497 e. The molecule has 0 atom stereocenters. The minimum absolute atomic E-state index is 0.368. The summed E-state index contributed by atoms with van der Waals surface area (Å²) in [5.74, 6) is 0.889. The number of ether oxygens (including phenoxy) is 1. The van der Waals surface area contributed by atoms with Gasteiger partial charge in [0.05, 0.1) is 12.8 Å². The zero-order valence-electron chi connectivity index (χ0n) is 13.6. The van der Waals surface area contributed by atoms with E-state index < -0.39 is 0 Å². The second-order valence-electron chi connectivity index (χ2n) is 5.51. The van der Waals surface area contributed by atoms with E-state index in [1.807, 2.05) is 10.7 Å². The first-order valence-electron chi connectivity index (χ1n) is 7.50. The van der Waals surface area contributed by atoms with E-state index in [1.54, 1.807) is 7.11 Å². The van der Waals surface area contributed by atoms with Gasteiger partial charge < -0.3 is 10.1 Å². The molecule has 2 rings (SSSR count). The van der Waals surface area contributed by atoms with Crippen molar-refractivity contribution in [2.45, 2.75) is 40.3 Å². The second kappa shape index (κ2) is 6.76. The van der Waals surface area contributed by atoms with Crippen molar-refractivity contribution < 1.29 is 4.74 Å². The summed E-state index contributed by atoms with van der Waals surface area (Å²) in [5.41, 5.74) is 4.72. The van der Waals surface area contributed by atoms with E-state index in [4.69, 9.17) is 4.74 Å². The molecule has 0 radical (unpaired) electrons. The molecule has 0 fully saturated rings. The van der Waals surface area contributed by atoms with Crippen LogP contribution in [0.3, 0.4) is 0 Å². The summed E-state index contributed by atoms with van der Waals surface area (Å²) in [5, 5.41) is 8.01. The zero-order valence-corrected chi connectivity index (χ0v) is 13.6. The number of rotatable bonds is 6. The Morgan fingerprint density at radius 2 is 2.05 bits per heavy atom. The first kappa shape index (κ1) is 15.6. The molecule has 2 aromatic rings. The van der Waals surface area contributed by atoms with E-state index in [0.29, 0.717) is 6.04 Å². The Balaban J connectivity index is 2.46. The minimum atomic E-state index is 0.368. The molecule has 4 heteroatoms. The lowest BCUT2D eigenvalue weighted by atomic mass is 10.00. The molecular formula is C17H25N3O. The van der Waals surface area contributed by atoms with Crippen molar-refractivity contribution in [2.75, 3.05) is 13.7 Å². The number of benzene rings is 1. The van der Waals surface area contributed by atoms with Crippen molar-refractivity contribution in [3.63, 3.8) is 0 Å². The fraction of sp³-hybridized carbons (Fsp3) is 0.471. The molecule has 0 bridgehead atoms. The minimum Gasteiger partial charge on any atom is -0.497 e. The SMILES string of the molecule is CCNCc1cc(OC)ccc1-c1cn(C(C)C)nc1C. The zero-order chi connectivity index (χ0) is 15.4. The number of aromatic nitrogens is 2. The van der Waals surface area contributed by atoms with E-state index in [9.17, 15) is 0 Å². The highest BCUT2D eigenvalue weighted by molar-refractivity contribution is 5.70. The first-order valence-corrected chi connectivity index (χ1v) is 7.50. The Morgan fingerprint density at radius 1 is 1.29 bits per heavy atom. The van der Waals surface area contributed by atoms with Gasteiger partial charge in [0.1, 0.15) is 5.75 Å². The Labute approximate surface area is 127 Å². The first-order chi connectivity index (χ1) is 10.1. The van der Waals surface area contributed by atoms with Crippen molar-refractivity contribution >= 4 is 0 Å². The number of aryl methyl sites for hydroxylation is 1. The predicted molar refractivity (Wildman–Crippen MR) is 86.7 cm³/mol. The van der Waals surface area contributed by atoms with Crippen LogP contribution in [0.25, 0.3) is 11.1 Å². The highest BCUT2D eigenvalue weighted by atomic mass is 16.5. The Bertz CT molecular complexity index is 602. The van der Waals surface area contributed by atoms with Gasteiger partial charge in [-0.1, -0.05) is 13.0 Å². The fourth-order valence-electron chi connectivity index (χ4n) is 2.38. The molecule has 0 amide bonds. The van der Waals surface area contributed by atoms with Gasteiger partial charge in [-0.15, -0.1) is 0 Å². The van der Waals surface area contributed by atoms with Crippen LogP contribution in [0.2, 0.25) is 0 Å². The van der Waals surface area contributed by atoms with Crippen molar-refractivity contribution in [1.29, 1.82) is 0 Å². The summed E-state index contributed by atoms with van der Waals surface area (Å²) in [6.07, 6.45) is 2.14. The van der Waals surface area contributed by atoms with Crippen LogP contribution in [0.15, 0.2) is 24.4 Å². The third-order valence-corrected chi connectivity index (χ3v) is 3.61. The summed E-state index contributed by atoms with van der Waals surface area (Å²) in [6, 6.07) is 6.61. The number of nitrogens with zero attached hydrogens (tertiary/aromatic N) is 2. The number of hydrogen-bond donors (Lipinski definition) is 1. The standard InChI is InChI=1S/C17H25N3O/c1-6-18-10-14-9-15(21-5)7-8-16(14)17-11-20(12(2)3)19-13(17)4/h7-9,11-12,18H,6,10H2,1-5H3. The van der Waals surface area contributed by atoms with Gasteiger partial charge in [0, 0.05) is 24.3 Å². The molecule has 0 spiro atoms. The maximum absolute atomic E-state index is 5.35. The van der Waals surface area contributed by atoms with Gasteiger partial charge in [0.2, 0.25) is 0 Å². The van der Waals surface area contributed by atoms with Crippen molar-refractivity contribution in [2.24, 2.45) is 0 Å². The smallest absolute Gasteiger partial charge is 0.119 e. The highest BCUT2D eigenvalue weighted by Gasteiger charge is 2.13. The van der Waals surface area contributed by atoms with E-state index in [-0.39, 0.29) is 0 Å². The maximum Gasteiger partial charge on any atom is 0.119 e. The van der Waals surface area contributed by atoms with Crippen LogP contribution in [0.5, 0.6) is 5.75 Å². The molecule has 0 saturated heterocycles. The topological polar surface area (TPSA) is 39.1 Å². The van der Waals surface area contributed by atoms with Crippen LogP contribution in [-0.4, -0.2) is 23.4 Å². The van der Waals surface area contributed by atoms with Gasteiger partial charge in [0.15, 0.2) is 0 Å². The van der Waals surface area contributed by atoms with Gasteiger partial charge in [-0.25, -0.2) is 0 Å². The number of nitrogens with one attached hydrogen (secondary N) is 1. The van der Waals surface area contributed by atoms with E-state index in [0.717, 1.165) is 24.5 Å². The lowest BCUT2D eigenvalue weighted by Crippen LogP contribution is -2.12. The molecule has 4 nitrogen and oxygen atoms in total. The number of hydrogen-bond acceptors (Lipinski definition) is 3. The average molecular weight is 287 g/mol. The van der Waals surface area contributed by atoms with Crippen molar-refractivity contribution in [3.05, 3.63) is 35.7 Å². The van der Waals surface area contributed by atoms with Crippen molar-refractivity contribution in [1.82, 2.24) is 15.1 Å². The lowest BCUT2D eigenvalue weighted by Gasteiger charge is -2.11. The van der Waals surface area contributed by atoms with Gasteiger partial charge in [-0.2, -0.15) is 5.10 Å². The second-order valence-corrected chi connectivity index (χ2v) is 5.51. The molecule has 0 unspecified atom stereocenters. The van der Waals surface area contributed by atoms with Gasteiger partial charge in [-0.3, -0.25) is 4.68 Å². The molecule has 0 aliphatic carbocycles. The fourth-order valence-corrected chi connectivity index (χ4v) is 2.38. The molecule has 114 valence electrons. The monoisotopic (exact) mass is 287 g/mol. The molecule has 1 aromatic carbocycles. The van der Waals surface area contributed by atoms with Crippen molar-refractivity contribution in [3.8, 4) is 16.9 Å². The molecule has 1 N–H and O–H groups in total. The van der Waals surface area contributed by atoms with E-state index >= 15 is 0 Å². The molecule has 0 saturated carbocycles. The molecule has 21 heavy (non-hydrogen) atoms. The van der Waals surface area contributed by atoms with Gasteiger partial charge >= 0.3 is 0 Å². The van der Waals surface area contributed by atoms with Crippen LogP contribution in [0, 0.1) is 6.92 Å². The summed E-state index contributed by atoms with van der Waals surface area (Å²) in [4.78, 5) is 0. The van der Waals surface area contributed by atoms with Crippen LogP contribution in [-0.2, 0) is 6.54 Å². The summed E-state index contributed by atoms with van der Waals surface area (Å²) in [7, 11) is 1.70. The summed E-state index contributed by atoms with van der Waals surface area (Å²) < 4.78 is 7.37. The molecule has 1 heterocycles. The molecule has 0 aliphatic rings. The number of methoxy groups -OCH3 is 1. The normalized spacial score (nSPS) is 11.1. The highest BCUT2D eigenvalue weighted by Crippen LogP contribution is 2.30. The Hall–Kier alpha value is -1.81. The third-order valence-electron chi connectivity index (χ3n) is 3.61. The lowest BCUT2D eigenvalue weighted by molar-refractivity contribution is 0.414. The van der Waals surface area contributed by atoms with Crippen LogP contribution < -0.4 is 10.1 Å². The average Bonchev–Trinajstić information content (AvgIpc) is 2.87. The quantitative estimate of drug-likeness (QED) is 0.883. The molecule has 1 aromatic heterocycles. The molecular weight excluding hydrogens is 262 g/mol. The maximum atomic E-state index is 5.35. The molecule has 0 aliphatic heterocycles. The van der Waals surface area contributed by atoms with E-state index in [1.165, 1.54) is 16.7 Å². The predicted octanol–water partition coefficient (Wildman–Crippen LogP) is 3.56. The third kappa shape index (κ3) is 3.45. The van der Waals surface area contributed by atoms with Crippen LogP contribution in [0.4, 0.5) is 0 Å². The van der Waals surface area contributed by atoms with Crippen LogP contribution in [0.1, 0.15) is 38.1 Å². The Morgan fingerprint density at radius 3 is 2.62 bits per heavy atom.